The van der Waals surface area contributed by atoms with Gasteiger partial charge in [-0.2, -0.15) is 0 Å². The van der Waals surface area contributed by atoms with Crippen LogP contribution in [0.3, 0.4) is 0 Å². The lowest BCUT2D eigenvalue weighted by molar-refractivity contribution is -0.119. The van der Waals surface area contributed by atoms with E-state index in [1.54, 1.807) is 17.0 Å². The minimum absolute atomic E-state index is 0.0543. The van der Waals surface area contributed by atoms with Crippen LogP contribution in [0.15, 0.2) is 24.3 Å². The third-order valence-electron chi connectivity index (χ3n) is 2.14. The smallest absolute Gasteiger partial charge is 0.231 e. The Morgan fingerprint density at radius 2 is 2.19 bits per heavy atom. The van der Waals surface area contributed by atoms with Gasteiger partial charge in [-0.05, 0) is 17.7 Å². The number of carbonyl (C=O) groups excluding carboxylic acids is 1. The van der Waals surface area contributed by atoms with Crippen LogP contribution in [0.5, 0.6) is 0 Å². The van der Waals surface area contributed by atoms with Gasteiger partial charge in [0.2, 0.25) is 5.91 Å². The standard InChI is InChI=1S/C11H16FN3O/c12-4-5-15(8-11(14)16)7-9-2-1-3-10(13)6-9/h1-3,6H,4-5,7-8,13H2,(H2,14,16). The van der Waals surface area contributed by atoms with Crippen molar-refractivity contribution in [1.82, 2.24) is 4.90 Å². The van der Waals surface area contributed by atoms with Gasteiger partial charge in [0.15, 0.2) is 0 Å². The molecular weight excluding hydrogens is 209 g/mol. The number of hydrogen-bond donors (Lipinski definition) is 2. The van der Waals surface area contributed by atoms with E-state index in [4.69, 9.17) is 11.5 Å². The molecule has 0 fully saturated rings. The van der Waals surface area contributed by atoms with Crippen LogP contribution < -0.4 is 11.5 Å². The highest BCUT2D eigenvalue weighted by atomic mass is 19.1. The summed E-state index contributed by atoms with van der Waals surface area (Å²) < 4.78 is 12.3. The first-order valence-corrected chi connectivity index (χ1v) is 5.03. The van der Waals surface area contributed by atoms with Crippen molar-refractivity contribution in [3.05, 3.63) is 29.8 Å². The Labute approximate surface area is 94.0 Å². The fourth-order valence-corrected chi connectivity index (χ4v) is 1.50. The molecule has 4 nitrogen and oxygen atoms in total. The van der Waals surface area contributed by atoms with Crippen molar-refractivity contribution >= 4 is 11.6 Å². The lowest BCUT2D eigenvalue weighted by atomic mass is 10.2. The van der Waals surface area contributed by atoms with E-state index in [1.165, 1.54) is 0 Å². The second-order valence-corrected chi connectivity index (χ2v) is 3.61. The number of alkyl halides is 1. The minimum Gasteiger partial charge on any atom is -0.399 e. The zero-order valence-electron chi connectivity index (χ0n) is 9.03. The van der Waals surface area contributed by atoms with Gasteiger partial charge in [-0.3, -0.25) is 9.69 Å². The molecule has 0 spiro atoms. The number of anilines is 1. The van der Waals surface area contributed by atoms with Gasteiger partial charge in [0.1, 0.15) is 6.67 Å². The zero-order valence-corrected chi connectivity index (χ0v) is 9.03. The van der Waals surface area contributed by atoms with E-state index < -0.39 is 12.6 Å². The van der Waals surface area contributed by atoms with Crippen molar-refractivity contribution in [2.45, 2.75) is 6.54 Å². The summed E-state index contributed by atoms with van der Waals surface area (Å²) in [5.74, 6) is -0.461. The first-order chi connectivity index (χ1) is 7.61. The van der Waals surface area contributed by atoms with Gasteiger partial charge in [-0.1, -0.05) is 12.1 Å². The molecular formula is C11H16FN3O. The van der Waals surface area contributed by atoms with Crippen LogP contribution in [0.4, 0.5) is 10.1 Å². The average molecular weight is 225 g/mol. The van der Waals surface area contributed by atoms with Crippen LogP contribution in [-0.4, -0.2) is 30.6 Å². The monoisotopic (exact) mass is 225 g/mol. The number of halogens is 1. The highest BCUT2D eigenvalue weighted by Gasteiger charge is 2.08. The molecule has 0 aliphatic carbocycles. The van der Waals surface area contributed by atoms with Crippen molar-refractivity contribution in [3.8, 4) is 0 Å². The van der Waals surface area contributed by atoms with Gasteiger partial charge >= 0.3 is 0 Å². The molecule has 0 saturated heterocycles. The van der Waals surface area contributed by atoms with E-state index in [0.29, 0.717) is 12.2 Å². The molecule has 0 bridgehead atoms. The molecule has 0 atom stereocenters. The predicted octanol–water partition coefficient (Wildman–Crippen LogP) is 0.526. The number of benzene rings is 1. The second-order valence-electron chi connectivity index (χ2n) is 3.61. The highest BCUT2D eigenvalue weighted by molar-refractivity contribution is 5.75. The fourth-order valence-electron chi connectivity index (χ4n) is 1.50. The lowest BCUT2D eigenvalue weighted by Gasteiger charge is -2.19. The van der Waals surface area contributed by atoms with Crippen molar-refractivity contribution in [1.29, 1.82) is 0 Å². The molecule has 1 amide bonds. The molecule has 16 heavy (non-hydrogen) atoms. The van der Waals surface area contributed by atoms with Gasteiger partial charge in [0, 0.05) is 18.8 Å². The summed E-state index contributed by atoms with van der Waals surface area (Å²) in [5.41, 5.74) is 12.3. The van der Waals surface area contributed by atoms with Gasteiger partial charge < -0.3 is 11.5 Å². The van der Waals surface area contributed by atoms with Crippen LogP contribution in [0.1, 0.15) is 5.56 Å². The van der Waals surface area contributed by atoms with Gasteiger partial charge in [0.05, 0.1) is 6.54 Å². The van der Waals surface area contributed by atoms with Gasteiger partial charge in [-0.25, -0.2) is 4.39 Å². The maximum atomic E-state index is 12.3. The van der Waals surface area contributed by atoms with Gasteiger partial charge in [-0.15, -0.1) is 0 Å². The Balaban J connectivity index is 2.63. The minimum atomic E-state index is -0.504. The number of nitrogens with two attached hydrogens (primary N) is 2. The number of amides is 1. The largest absolute Gasteiger partial charge is 0.399 e. The number of nitrogen functional groups attached to an aromatic ring is 1. The summed E-state index contributed by atoms with van der Waals surface area (Å²) in [6.07, 6.45) is 0. The zero-order chi connectivity index (χ0) is 12.0. The van der Waals surface area contributed by atoms with Crippen molar-refractivity contribution in [3.63, 3.8) is 0 Å². The van der Waals surface area contributed by atoms with E-state index in [2.05, 4.69) is 0 Å². The van der Waals surface area contributed by atoms with Gasteiger partial charge in [0.25, 0.3) is 0 Å². The van der Waals surface area contributed by atoms with E-state index in [-0.39, 0.29) is 13.1 Å². The molecule has 1 aromatic carbocycles. The summed E-state index contributed by atoms with van der Waals surface area (Å²) in [4.78, 5) is 12.4. The second kappa shape index (κ2) is 6.07. The SMILES string of the molecule is NC(=O)CN(CCF)Cc1cccc(N)c1. The highest BCUT2D eigenvalue weighted by Crippen LogP contribution is 2.09. The van der Waals surface area contributed by atoms with Crippen LogP contribution in [0.2, 0.25) is 0 Å². The number of carbonyl (C=O) groups is 1. The maximum absolute atomic E-state index is 12.3. The molecule has 88 valence electrons. The van der Waals surface area contributed by atoms with Crippen LogP contribution in [-0.2, 0) is 11.3 Å². The van der Waals surface area contributed by atoms with E-state index in [1.807, 2.05) is 12.1 Å². The predicted molar refractivity (Wildman–Crippen MR) is 61.3 cm³/mol. The van der Waals surface area contributed by atoms with Crippen molar-refractivity contribution in [2.24, 2.45) is 5.73 Å². The third kappa shape index (κ3) is 4.27. The van der Waals surface area contributed by atoms with Crippen LogP contribution >= 0.6 is 0 Å². The molecule has 0 heterocycles. The van der Waals surface area contributed by atoms with E-state index >= 15 is 0 Å². The molecule has 0 aliphatic heterocycles. The molecule has 0 aliphatic rings. The first-order valence-electron chi connectivity index (χ1n) is 5.03. The molecule has 5 heteroatoms. The summed E-state index contributed by atoms with van der Waals surface area (Å²) in [6, 6.07) is 7.27. The van der Waals surface area contributed by atoms with Crippen LogP contribution in [0, 0.1) is 0 Å². The normalized spacial score (nSPS) is 10.6. The number of rotatable bonds is 6. The average Bonchev–Trinajstić information content (AvgIpc) is 2.16. The van der Waals surface area contributed by atoms with Crippen molar-refractivity contribution in [2.75, 3.05) is 25.5 Å². The quantitative estimate of drug-likeness (QED) is 0.693. The fraction of sp³-hybridized carbons (Fsp3) is 0.364. The van der Waals surface area contributed by atoms with Crippen molar-refractivity contribution < 1.29 is 9.18 Å². The molecule has 4 N–H and O–H groups in total. The molecule has 1 aromatic rings. The van der Waals surface area contributed by atoms with E-state index in [0.717, 1.165) is 5.56 Å². The van der Waals surface area contributed by atoms with E-state index in [9.17, 15) is 9.18 Å². The van der Waals surface area contributed by atoms with Crippen LogP contribution in [0.25, 0.3) is 0 Å². The molecule has 0 unspecified atom stereocenters. The number of nitrogens with zero attached hydrogens (tertiary/aromatic N) is 1. The molecule has 0 radical (unpaired) electrons. The summed E-state index contributed by atoms with van der Waals surface area (Å²) >= 11 is 0. The molecule has 0 aromatic heterocycles. The molecule has 0 saturated carbocycles. The number of hydrogen-bond acceptors (Lipinski definition) is 3. The Hall–Kier alpha value is -1.62. The number of primary amides is 1. The topological polar surface area (TPSA) is 72.4 Å². The maximum Gasteiger partial charge on any atom is 0.231 e. The Kier molecular flexibility index (Phi) is 4.72. The summed E-state index contributed by atoms with van der Waals surface area (Å²) in [7, 11) is 0. The summed E-state index contributed by atoms with van der Waals surface area (Å²) in [6.45, 7) is 0.212. The Morgan fingerprint density at radius 3 is 2.75 bits per heavy atom. The third-order valence-corrected chi connectivity index (χ3v) is 2.14. The first kappa shape index (κ1) is 12.4. The summed E-state index contributed by atoms with van der Waals surface area (Å²) in [5, 5.41) is 0. The molecule has 1 rings (SSSR count). The Bertz CT molecular complexity index is 357. The Morgan fingerprint density at radius 1 is 1.44 bits per heavy atom. The lowest BCUT2D eigenvalue weighted by Crippen LogP contribution is -2.34.